The van der Waals surface area contributed by atoms with E-state index < -0.39 is 0 Å². The van der Waals surface area contributed by atoms with Crippen LogP contribution in [-0.4, -0.2) is 39.3 Å². The molecule has 0 spiro atoms. The highest BCUT2D eigenvalue weighted by Crippen LogP contribution is 2.33. The van der Waals surface area contributed by atoms with Crippen molar-refractivity contribution >= 4 is 29.1 Å². The van der Waals surface area contributed by atoms with Gasteiger partial charge in [-0.2, -0.15) is 0 Å². The standard InChI is InChI=1S/C26H24N4O3S/c1-17-11-13-21(14-12-17)30-25(22-9-4-5-10-23(22)33-3)28-29-26(30)34-16-24(32)27-20-8-6-7-19(15-20)18(2)31/h4-15H,16H2,1-3H3,(H,27,32). The second-order valence-electron chi connectivity index (χ2n) is 7.65. The third-order valence-electron chi connectivity index (χ3n) is 5.16. The van der Waals surface area contributed by atoms with Crippen LogP contribution in [0.5, 0.6) is 5.75 Å². The van der Waals surface area contributed by atoms with Crippen LogP contribution in [0.1, 0.15) is 22.8 Å². The summed E-state index contributed by atoms with van der Waals surface area (Å²) >= 11 is 1.28. The van der Waals surface area contributed by atoms with Gasteiger partial charge in [-0.3, -0.25) is 14.2 Å². The lowest BCUT2D eigenvalue weighted by atomic mass is 10.1. The molecule has 7 nitrogen and oxygen atoms in total. The molecule has 0 saturated heterocycles. The minimum atomic E-state index is -0.206. The van der Waals surface area contributed by atoms with Gasteiger partial charge < -0.3 is 10.1 Å². The van der Waals surface area contributed by atoms with Crippen molar-refractivity contribution in [1.82, 2.24) is 14.8 Å². The number of anilines is 1. The minimum absolute atomic E-state index is 0.0551. The van der Waals surface area contributed by atoms with E-state index in [1.54, 1.807) is 31.4 Å². The Labute approximate surface area is 202 Å². The zero-order valence-electron chi connectivity index (χ0n) is 19.1. The quantitative estimate of drug-likeness (QED) is 0.281. The molecular weight excluding hydrogens is 448 g/mol. The molecule has 8 heteroatoms. The molecule has 0 bridgehead atoms. The lowest BCUT2D eigenvalue weighted by molar-refractivity contribution is -0.113. The second-order valence-corrected chi connectivity index (χ2v) is 8.59. The highest BCUT2D eigenvalue weighted by Gasteiger charge is 2.20. The van der Waals surface area contributed by atoms with Crippen molar-refractivity contribution in [2.24, 2.45) is 0 Å². The van der Waals surface area contributed by atoms with Crippen LogP contribution in [0.3, 0.4) is 0 Å². The number of Topliss-reactive ketones (excluding diaryl/α,β-unsaturated/α-hetero) is 1. The Morgan fingerprint density at radius 3 is 2.50 bits per heavy atom. The number of hydrogen-bond acceptors (Lipinski definition) is 6. The molecular formula is C26H24N4O3S. The summed E-state index contributed by atoms with van der Waals surface area (Å²) in [4.78, 5) is 24.3. The lowest BCUT2D eigenvalue weighted by Gasteiger charge is -2.13. The second kappa shape index (κ2) is 10.4. The van der Waals surface area contributed by atoms with Crippen molar-refractivity contribution < 1.29 is 14.3 Å². The highest BCUT2D eigenvalue weighted by atomic mass is 32.2. The van der Waals surface area contributed by atoms with E-state index in [0.717, 1.165) is 16.8 Å². The Bertz CT molecular complexity index is 1330. The number of para-hydroxylation sites is 1. The summed E-state index contributed by atoms with van der Waals surface area (Å²) in [5.41, 5.74) is 3.94. The van der Waals surface area contributed by atoms with E-state index in [1.165, 1.54) is 18.7 Å². The molecule has 0 saturated carbocycles. The summed E-state index contributed by atoms with van der Waals surface area (Å²) in [5, 5.41) is 12.2. The fraction of sp³-hybridized carbons (Fsp3) is 0.154. The Hall–Kier alpha value is -3.91. The SMILES string of the molecule is COc1ccccc1-c1nnc(SCC(=O)Nc2cccc(C(C)=O)c2)n1-c1ccc(C)cc1. The number of carbonyl (C=O) groups excluding carboxylic acids is 2. The lowest BCUT2D eigenvalue weighted by Crippen LogP contribution is -2.15. The molecule has 34 heavy (non-hydrogen) atoms. The number of ketones is 1. The number of nitrogens with zero attached hydrogens (tertiary/aromatic N) is 3. The average molecular weight is 473 g/mol. The Morgan fingerprint density at radius 2 is 1.76 bits per heavy atom. The van der Waals surface area contributed by atoms with Gasteiger partial charge in [0.25, 0.3) is 0 Å². The summed E-state index contributed by atoms with van der Waals surface area (Å²) < 4.78 is 7.46. The van der Waals surface area contributed by atoms with Crippen molar-refractivity contribution in [1.29, 1.82) is 0 Å². The molecule has 1 amide bonds. The van der Waals surface area contributed by atoms with Gasteiger partial charge in [0, 0.05) is 16.9 Å². The molecule has 0 aliphatic heterocycles. The predicted molar refractivity (Wildman–Crippen MR) is 134 cm³/mol. The Balaban J connectivity index is 1.61. The van der Waals surface area contributed by atoms with Crippen LogP contribution in [0.15, 0.2) is 78.0 Å². The zero-order valence-corrected chi connectivity index (χ0v) is 19.9. The number of hydrogen-bond donors (Lipinski definition) is 1. The maximum Gasteiger partial charge on any atom is 0.234 e. The average Bonchev–Trinajstić information content (AvgIpc) is 3.27. The number of methoxy groups -OCH3 is 1. The number of aryl methyl sites for hydroxylation is 1. The summed E-state index contributed by atoms with van der Waals surface area (Å²) in [6, 6.07) is 22.5. The van der Waals surface area contributed by atoms with Gasteiger partial charge in [0.05, 0.1) is 18.4 Å². The molecule has 1 heterocycles. The van der Waals surface area contributed by atoms with Crippen molar-refractivity contribution in [3.63, 3.8) is 0 Å². The number of aromatic nitrogens is 3. The molecule has 0 aliphatic carbocycles. The van der Waals surface area contributed by atoms with Crippen LogP contribution in [0.2, 0.25) is 0 Å². The summed E-state index contributed by atoms with van der Waals surface area (Å²) in [6.45, 7) is 3.52. The van der Waals surface area contributed by atoms with Gasteiger partial charge in [0.15, 0.2) is 16.8 Å². The van der Waals surface area contributed by atoms with Gasteiger partial charge in [0.1, 0.15) is 5.75 Å². The first-order valence-electron chi connectivity index (χ1n) is 10.7. The smallest absolute Gasteiger partial charge is 0.234 e. The monoisotopic (exact) mass is 472 g/mol. The maximum absolute atomic E-state index is 12.6. The van der Waals surface area contributed by atoms with E-state index in [2.05, 4.69) is 15.5 Å². The fourth-order valence-corrected chi connectivity index (χ4v) is 4.19. The van der Waals surface area contributed by atoms with E-state index >= 15 is 0 Å². The molecule has 0 atom stereocenters. The van der Waals surface area contributed by atoms with Gasteiger partial charge in [-0.1, -0.05) is 53.7 Å². The number of thioether (sulfide) groups is 1. The molecule has 0 aliphatic rings. The molecule has 0 radical (unpaired) electrons. The third-order valence-corrected chi connectivity index (χ3v) is 6.09. The highest BCUT2D eigenvalue weighted by molar-refractivity contribution is 7.99. The number of amides is 1. The van der Waals surface area contributed by atoms with Crippen molar-refractivity contribution in [2.75, 3.05) is 18.2 Å². The van der Waals surface area contributed by atoms with Gasteiger partial charge in [-0.05, 0) is 50.2 Å². The number of ether oxygens (including phenoxy) is 1. The Morgan fingerprint density at radius 1 is 1.00 bits per heavy atom. The summed E-state index contributed by atoms with van der Waals surface area (Å²) in [6.07, 6.45) is 0. The number of carbonyl (C=O) groups is 2. The van der Waals surface area contributed by atoms with Crippen LogP contribution in [0, 0.1) is 6.92 Å². The predicted octanol–water partition coefficient (Wildman–Crippen LogP) is 5.18. The van der Waals surface area contributed by atoms with E-state index in [4.69, 9.17) is 4.74 Å². The van der Waals surface area contributed by atoms with E-state index in [0.29, 0.717) is 28.0 Å². The fourth-order valence-electron chi connectivity index (χ4n) is 3.44. The Kier molecular flexibility index (Phi) is 7.08. The molecule has 1 N–H and O–H groups in total. The largest absolute Gasteiger partial charge is 0.496 e. The first-order chi connectivity index (χ1) is 16.5. The molecule has 1 aromatic heterocycles. The first-order valence-corrected chi connectivity index (χ1v) is 11.6. The van der Waals surface area contributed by atoms with Gasteiger partial charge >= 0.3 is 0 Å². The number of benzene rings is 3. The van der Waals surface area contributed by atoms with Crippen LogP contribution in [0.25, 0.3) is 17.1 Å². The minimum Gasteiger partial charge on any atom is -0.496 e. The molecule has 172 valence electrons. The van der Waals surface area contributed by atoms with Crippen molar-refractivity contribution in [3.8, 4) is 22.8 Å². The van der Waals surface area contributed by atoms with Crippen molar-refractivity contribution in [3.05, 3.63) is 83.9 Å². The van der Waals surface area contributed by atoms with Crippen LogP contribution < -0.4 is 10.1 Å². The maximum atomic E-state index is 12.6. The van der Waals surface area contributed by atoms with Crippen LogP contribution in [0.4, 0.5) is 5.69 Å². The molecule has 3 aromatic carbocycles. The molecule has 0 unspecified atom stereocenters. The number of rotatable bonds is 8. The zero-order chi connectivity index (χ0) is 24.1. The third kappa shape index (κ3) is 5.18. The molecule has 4 aromatic rings. The topological polar surface area (TPSA) is 86.1 Å². The van der Waals surface area contributed by atoms with Crippen LogP contribution >= 0.6 is 11.8 Å². The summed E-state index contributed by atoms with van der Waals surface area (Å²) in [5.74, 6) is 1.17. The van der Waals surface area contributed by atoms with E-state index in [-0.39, 0.29) is 17.4 Å². The summed E-state index contributed by atoms with van der Waals surface area (Å²) in [7, 11) is 1.62. The normalized spacial score (nSPS) is 10.7. The van der Waals surface area contributed by atoms with Gasteiger partial charge in [-0.15, -0.1) is 10.2 Å². The first kappa shape index (κ1) is 23.3. The van der Waals surface area contributed by atoms with Crippen LogP contribution in [-0.2, 0) is 4.79 Å². The number of nitrogens with one attached hydrogen (secondary N) is 1. The van der Waals surface area contributed by atoms with E-state index in [1.807, 2.05) is 60.0 Å². The van der Waals surface area contributed by atoms with E-state index in [9.17, 15) is 9.59 Å². The molecule has 0 fully saturated rings. The van der Waals surface area contributed by atoms with Gasteiger partial charge in [-0.25, -0.2) is 0 Å². The van der Waals surface area contributed by atoms with Crippen molar-refractivity contribution in [2.45, 2.75) is 19.0 Å². The molecule has 4 rings (SSSR count). The van der Waals surface area contributed by atoms with Gasteiger partial charge in [0.2, 0.25) is 5.91 Å².